The van der Waals surface area contributed by atoms with Gasteiger partial charge in [-0.1, -0.05) is 13.8 Å². The average molecular weight is 219 g/mol. The van der Waals surface area contributed by atoms with Crippen molar-refractivity contribution in [3.63, 3.8) is 0 Å². The zero-order valence-corrected chi connectivity index (χ0v) is 10.4. The standard InChI is InChI=1S/C13H21N3/c1-10-8-16(9-11(10)2)13-4-5-15-12(6-13)7-14-3/h4-6,10-11,14H,7-9H2,1-3H3. The summed E-state index contributed by atoms with van der Waals surface area (Å²) in [5.74, 6) is 1.59. The molecule has 0 radical (unpaired) electrons. The number of aromatic nitrogens is 1. The van der Waals surface area contributed by atoms with Gasteiger partial charge in [-0.2, -0.15) is 0 Å². The number of nitrogens with one attached hydrogen (secondary N) is 1. The quantitative estimate of drug-likeness (QED) is 0.841. The van der Waals surface area contributed by atoms with Crippen molar-refractivity contribution in [2.75, 3.05) is 25.0 Å². The molecule has 1 saturated heterocycles. The van der Waals surface area contributed by atoms with Gasteiger partial charge in [0.2, 0.25) is 0 Å². The first-order chi connectivity index (χ1) is 7.70. The Morgan fingerprint density at radius 3 is 2.69 bits per heavy atom. The van der Waals surface area contributed by atoms with Gasteiger partial charge in [0.1, 0.15) is 0 Å². The minimum Gasteiger partial charge on any atom is -0.371 e. The fourth-order valence-electron chi connectivity index (χ4n) is 2.28. The van der Waals surface area contributed by atoms with Crippen molar-refractivity contribution in [2.45, 2.75) is 20.4 Å². The van der Waals surface area contributed by atoms with Gasteiger partial charge >= 0.3 is 0 Å². The van der Waals surface area contributed by atoms with Crippen LogP contribution in [0.3, 0.4) is 0 Å². The number of pyridine rings is 1. The summed E-state index contributed by atoms with van der Waals surface area (Å²) in [4.78, 5) is 6.82. The van der Waals surface area contributed by atoms with E-state index in [1.807, 2.05) is 13.2 Å². The molecule has 1 aromatic rings. The fraction of sp³-hybridized carbons (Fsp3) is 0.615. The topological polar surface area (TPSA) is 28.2 Å². The molecule has 3 nitrogen and oxygen atoms in total. The fourth-order valence-corrected chi connectivity index (χ4v) is 2.28. The van der Waals surface area contributed by atoms with E-state index in [-0.39, 0.29) is 0 Å². The summed E-state index contributed by atoms with van der Waals surface area (Å²) in [7, 11) is 1.95. The number of nitrogens with zero attached hydrogens (tertiary/aromatic N) is 2. The van der Waals surface area contributed by atoms with Crippen LogP contribution in [-0.4, -0.2) is 25.1 Å². The van der Waals surface area contributed by atoms with Crippen LogP contribution < -0.4 is 10.2 Å². The van der Waals surface area contributed by atoms with Gasteiger partial charge < -0.3 is 10.2 Å². The number of rotatable bonds is 3. The van der Waals surface area contributed by atoms with Gasteiger partial charge in [0, 0.05) is 31.5 Å². The molecule has 0 amide bonds. The highest BCUT2D eigenvalue weighted by molar-refractivity contribution is 5.47. The maximum atomic E-state index is 4.35. The van der Waals surface area contributed by atoms with E-state index in [0.29, 0.717) is 0 Å². The van der Waals surface area contributed by atoms with Crippen LogP contribution in [-0.2, 0) is 6.54 Å². The molecule has 0 aliphatic carbocycles. The van der Waals surface area contributed by atoms with Gasteiger partial charge in [-0.25, -0.2) is 0 Å². The molecule has 1 fully saturated rings. The van der Waals surface area contributed by atoms with Gasteiger partial charge in [0.25, 0.3) is 0 Å². The van der Waals surface area contributed by atoms with Crippen molar-refractivity contribution in [1.82, 2.24) is 10.3 Å². The highest BCUT2D eigenvalue weighted by Crippen LogP contribution is 2.27. The first-order valence-electron chi connectivity index (χ1n) is 6.05. The molecule has 0 bridgehead atoms. The maximum absolute atomic E-state index is 4.35. The Morgan fingerprint density at radius 1 is 1.38 bits per heavy atom. The second-order valence-corrected chi connectivity index (χ2v) is 4.90. The molecule has 0 aromatic carbocycles. The first-order valence-corrected chi connectivity index (χ1v) is 6.05. The molecule has 0 saturated carbocycles. The largest absolute Gasteiger partial charge is 0.371 e. The Kier molecular flexibility index (Phi) is 3.44. The van der Waals surface area contributed by atoms with E-state index < -0.39 is 0 Å². The molecule has 2 heterocycles. The van der Waals surface area contributed by atoms with Gasteiger partial charge in [-0.3, -0.25) is 4.98 Å². The van der Waals surface area contributed by atoms with Crippen LogP contribution in [0.2, 0.25) is 0 Å². The summed E-state index contributed by atoms with van der Waals surface area (Å²) < 4.78 is 0. The van der Waals surface area contributed by atoms with Crippen LogP contribution in [0.5, 0.6) is 0 Å². The summed E-state index contributed by atoms with van der Waals surface area (Å²) >= 11 is 0. The van der Waals surface area contributed by atoms with Crippen molar-refractivity contribution in [3.8, 4) is 0 Å². The van der Waals surface area contributed by atoms with Crippen molar-refractivity contribution in [1.29, 1.82) is 0 Å². The number of anilines is 1. The molecule has 1 aliphatic heterocycles. The third-order valence-electron chi connectivity index (χ3n) is 3.51. The second-order valence-electron chi connectivity index (χ2n) is 4.90. The third-order valence-corrected chi connectivity index (χ3v) is 3.51. The summed E-state index contributed by atoms with van der Waals surface area (Å²) in [5.41, 5.74) is 2.43. The zero-order valence-electron chi connectivity index (χ0n) is 10.4. The Bertz CT molecular complexity index is 341. The predicted molar refractivity (Wildman–Crippen MR) is 67.5 cm³/mol. The third kappa shape index (κ3) is 2.35. The highest BCUT2D eigenvalue weighted by atomic mass is 15.2. The Labute approximate surface area is 97.9 Å². The smallest absolute Gasteiger partial charge is 0.0562 e. The van der Waals surface area contributed by atoms with E-state index in [9.17, 15) is 0 Å². The molecular formula is C13H21N3. The molecular weight excluding hydrogens is 198 g/mol. The summed E-state index contributed by atoms with van der Waals surface area (Å²) in [6.45, 7) is 7.85. The predicted octanol–water partition coefficient (Wildman–Crippen LogP) is 1.89. The van der Waals surface area contributed by atoms with E-state index in [4.69, 9.17) is 0 Å². The molecule has 1 aliphatic rings. The molecule has 16 heavy (non-hydrogen) atoms. The summed E-state index contributed by atoms with van der Waals surface area (Å²) in [6.07, 6.45) is 1.91. The lowest BCUT2D eigenvalue weighted by Gasteiger charge is -2.18. The van der Waals surface area contributed by atoms with Crippen molar-refractivity contribution < 1.29 is 0 Å². The Morgan fingerprint density at radius 2 is 2.06 bits per heavy atom. The molecule has 88 valence electrons. The second kappa shape index (κ2) is 4.83. The van der Waals surface area contributed by atoms with Crippen LogP contribution in [0, 0.1) is 11.8 Å². The van der Waals surface area contributed by atoms with Crippen LogP contribution >= 0.6 is 0 Å². The number of hydrogen-bond donors (Lipinski definition) is 1. The molecule has 1 aromatic heterocycles. The van der Waals surface area contributed by atoms with Gasteiger partial charge in [0.15, 0.2) is 0 Å². The minimum absolute atomic E-state index is 0.793. The normalized spacial score (nSPS) is 25.1. The lowest BCUT2D eigenvalue weighted by molar-refractivity contribution is 0.494. The van der Waals surface area contributed by atoms with Crippen LogP contribution in [0.4, 0.5) is 5.69 Å². The van der Waals surface area contributed by atoms with E-state index in [1.165, 1.54) is 18.8 Å². The van der Waals surface area contributed by atoms with E-state index in [1.54, 1.807) is 0 Å². The Hall–Kier alpha value is -1.09. The molecule has 1 N–H and O–H groups in total. The minimum atomic E-state index is 0.793. The van der Waals surface area contributed by atoms with Gasteiger partial charge in [0.05, 0.1) is 5.69 Å². The summed E-state index contributed by atoms with van der Waals surface area (Å²) in [5, 5.41) is 3.14. The molecule has 2 atom stereocenters. The van der Waals surface area contributed by atoms with Crippen molar-refractivity contribution in [3.05, 3.63) is 24.0 Å². The van der Waals surface area contributed by atoms with Crippen LogP contribution in [0.25, 0.3) is 0 Å². The van der Waals surface area contributed by atoms with Crippen LogP contribution in [0.15, 0.2) is 18.3 Å². The maximum Gasteiger partial charge on any atom is 0.0562 e. The molecule has 3 heteroatoms. The van der Waals surface area contributed by atoms with Gasteiger partial charge in [-0.05, 0) is 31.0 Å². The molecule has 2 unspecified atom stereocenters. The lowest BCUT2D eigenvalue weighted by atomic mass is 10.0. The average Bonchev–Trinajstić information content (AvgIpc) is 2.60. The monoisotopic (exact) mass is 219 g/mol. The van der Waals surface area contributed by atoms with E-state index in [2.05, 4.69) is 41.2 Å². The SMILES string of the molecule is CNCc1cc(N2CC(C)C(C)C2)ccn1. The van der Waals surface area contributed by atoms with Crippen molar-refractivity contribution >= 4 is 5.69 Å². The summed E-state index contributed by atoms with van der Waals surface area (Å²) in [6, 6.07) is 4.31. The molecule has 2 rings (SSSR count). The number of hydrogen-bond acceptors (Lipinski definition) is 3. The van der Waals surface area contributed by atoms with E-state index >= 15 is 0 Å². The highest BCUT2D eigenvalue weighted by Gasteiger charge is 2.26. The lowest BCUT2D eigenvalue weighted by Crippen LogP contribution is -2.20. The Balaban J connectivity index is 2.12. The van der Waals surface area contributed by atoms with Gasteiger partial charge in [-0.15, -0.1) is 0 Å². The van der Waals surface area contributed by atoms with Crippen molar-refractivity contribution in [2.24, 2.45) is 11.8 Å². The van der Waals surface area contributed by atoms with Crippen LogP contribution in [0.1, 0.15) is 19.5 Å². The van der Waals surface area contributed by atoms with E-state index in [0.717, 1.165) is 24.1 Å². The molecule has 0 spiro atoms. The zero-order chi connectivity index (χ0) is 11.5. The first kappa shape index (κ1) is 11.4.